The fourth-order valence-corrected chi connectivity index (χ4v) is 6.92. The topological polar surface area (TPSA) is 0 Å². The molecule has 2 atom stereocenters. The van der Waals surface area contributed by atoms with Gasteiger partial charge in [-0.25, -0.2) is 0 Å². The maximum Gasteiger partial charge on any atom is -0.0347 e. The highest BCUT2D eigenvalue weighted by Crippen LogP contribution is 2.46. The summed E-state index contributed by atoms with van der Waals surface area (Å²) < 4.78 is 0. The van der Waals surface area contributed by atoms with Crippen molar-refractivity contribution in [3.05, 3.63) is 0 Å². The molecule has 0 saturated heterocycles. The molecule has 2 saturated carbocycles. The highest BCUT2D eigenvalue weighted by atomic mass is 14.4. The Morgan fingerprint density at radius 1 is 0.600 bits per heavy atom. The molecule has 2 fully saturated rings. The number of hydrogen-bond acceptors (Lipinski definition) is 0. The van der Waals surface area contributed by atoms with E-state index in [2.05, 4.69) is 41.5 Å². The highest BCUT2D eigenvalue weighted by Gasteiger charge is 2.34. The van der Waals surface area contributed by atoms with Crippen molar-refractivity contribution in [3.8, 4) is 0 Å². The lowest BCUT2D eigenvalue weighted by molar-refractivity contribution is 0.0994. The van der Waals surface area contributed by atoms with Crippen LogP contribution in [-0.4, -0.2) is 0 Å². The van der Waals surface area contributed by atoms with Gasteiger partial charge in [0.2, 0.25) is 0 Å². The Hall–Kier alpha value is 0. The molecule has 25 heavy (non-hydrogen) atoms. The average Bonchev–Trinajstić information content (AvgIpc) is 2.54. The monoisotopic (exact) mass is 348 g/mol. The van der Waals surface area contributed by atoms with Gasteiger partial charge in [-0.05, 0) is 53.8 Å². The second-order valence-electron chi connectivity index (χ2n) is 11.7. The molecule has 0 heteroatoms. The zero-order chi connectivity index (χ0) is 18.5. The summed E-state index contributed by atoms with van der Waals surface area (Å²) in [6, 6.07) is 0. The molecule has 0 nitrogen and oxygen atoms in total. The van der Waals surface area contributed by atoms with Crippen molar-refractivity contribution < 1.29 is 0 Å². The minimum Gasteiger partial charge on any atom is -0.0622 e. The van der Waals surface area contributed by atoms with E-state index in [0.717, 1.165) is 23.7 Å². The van der Waals surface area contributed by atoms with E-state index in [1.807, 2.05) is 0 Å². The summed E-state index contributed by atoms with van der Waals surface area (Å²) in [5, 5.41) is 0. The van der Waals surface area contributed by atoms with Crippen molar-refractivity contribution in [3.63, 3.8) is 0 Å². The molecular weight excluding hydrogens is 300 g/mol. The van der Waals surface area contributed by atoms with Gasteiger partial charge in [0.1, 0.15) is 0 Å². The van der Waals surface area contributed by atoms with Crippen LogP contribution in [0, 0.1) is 34.5 Å². The third kappa shape index (κ3) is 7.26. The van der Waals surface area contributed by atoms with Gasteiger partial charge < -0.3 is 0 Å². The number of hydrogen-bond donors (Lipinski definition) is 0. The van der Waals surface area contributed by atoms with Gasteiger partial charge in [0.05, 0.1) is 0 Å². The first kappa shape index (κ1) is 21.3. The van der Waals surface area contributed by atoms with Gasteiger partial charge in [0.15, 0.2) is 0 Å². The minimum atomic E-state index is 0.493. The summed E-state index contributed by atoms with van der Waals surface area (Å²) in [5.41, 5.74) is 0.985. The summed E-state index contributed by atoms with van der Waals surface area (Å²) in [7, 11) is 0. The molecule has 0 aliphatic heterocycles. The molecule has 148 valence electrons. The van der Waals surface area contributed by atoms with E-state index < -0.39 is 0 Å². The van der Waals surface area contributed by atoms with Crippen molar-refractivity contribution in [1.29, 1.82) is 0 Å². The smallest absolute Gasteiger partial charge is 0.0347 e. The van der Waals surface area contributed by atoms with Gasteiger partial charge in [-0.2, -0.15) is 0 Å². The minimum absolute atomic E-state index is 0.493. The van der Waals surface area contributed by atoms with Crippen LogP contribution in [0.2, 0.25) is 0 Å². The van der Waals surface area contributed by atoms with Crippen LogP contribution in [0.15, 0.2) is 0 Å². The predicted octanol–water partition coefficient (Wildman–Crippen LogP) is 8.64. The molecule has 2 unspecified atom stereocenters. The van der Waals surface area contributed by atoms with Gasteiger partial charge in [-0.15, -0.1) is 0 Å². The average molecular weight is 349 g/mol. The van der Waals surface area contributed by atoms with Crippen molar-refractivity contribution in [1.82, 2.24) is 0 Å². The van der Waals surface area contributed by atoms with E-state index in [9.17, 15) is 0 Å². The molecular formula is C25H48. The molecule has 0 heterocycles. The molecule has 0 aromatic carbocycles. The second-order valence-corrected chi connectivity index (χ2v) is 11.7. The molecule has 0 aromatic rings. The maximum atomic E-state index is 2.55. The van der Waals surface area contributed by atoms with Gasteiger partial charge in [0, 0.05) is 0 Å². The molecule has 0 amide bonds. The second kappa shape index (κ2) is 9.27. The Bertz CT molecular complexity index is 329. The largest absolute Gasteiger partial charge is 0.0622 e. The quantitative estimate of drug-likeness (QED) is 0.411. The Labute approximate surface area is 159 Å². The summed E-state index contributed by atoms with van der Waals surface area (Å²) in [6.07, 6.45) is 19.2. The molecule has 0 N–H and O–H groups in total. The molecule has 0 bridgehead atoms. The van der Waals surface area contributed by atoms with Gasteiger partial charge in [-0.1, -0.05) is 106 Å². The zero-order valence-electron chi connectivity index (χ0n) is 18.5. The standard InChI is InChI=1S/C25H48/c1-20(22-13-9-7-10-14-22)17-24(3,4)19-25(5,6)18-21(2)23-15-11-8-12-16-23/h20-23H,7-19H2,1-6H3. The molecule has 0 radical (unpaired) electrons. The van der Waals surface area contributed by atoms with Gasteiger partial charge in [-0.3, -0.25) is 0 Å². The number of rotatable bonds is 8. The highest BCUT2D eigenvalue weighted by molar-refractivity contribution is 4.85. The van der Waals surface area contributed by atoms with Crippen LogP contribution in [0.3, 0.4) is 0 Å². The van der Waals surface area contributed by atoms with Crippen LogP contribution in [0.25, 0.3) is 0 Å². The molecule has 0 spiro atoms. The Balaban J connectivity index is 1.83. The predicted molar refractivity (Wildman–Crippen MR) is 113 cm³/mol. The van der Waals surface area contributed by atoms with E-state index in [-0.39, 0.29) is 0 Å². The summed E-state index contributed by atoms with van der Waals surface area (Å²) in [5.74, 6) is 3.86. The van der Waals surface area contributed by atoms with Crippen LogP contribution in [0.1, 0.15) is 125 Å². The van der Waals surface area contributed by atoms with Crippen molar-refractivity contribution in [2.75, 3.05) is 0 Å². The normalized spacial score (nSPS) is 24.2. The van der Waals surface area contributed by atoms with E-state index in [1.54, 1.807) is 0 Å². The van der Waals surface area contributed by atoms with Crippen LogP contribution in [0.5, 0.6) is 0 Å². The first-order valence-corrected chi connectivity index (χ1v) is 11.7. The fourth-order valence-electron chi connectivity index (χ4n) is 6.92. The zero-order valence-corrected chi connectivity index (χ0v) is 18.5. The molecule has 2 aliphatic rings. The van der Waals surface area contributed by atoms with E-state index in [4.69, 9.17) is 0 Å². The van der Waals surface area contributed by atoms with Crippen LogP contribution in [-0.2, 0) is 0 Å². The lowest BCUT2D eigenvalue weighted by Crippen LogP contribution is -2.30. The summed E-state index contributed by atoms with van der Waals surface area (Å²) in [4.78, 5) is 0. The third-order valence-corrected chi connectivity index (χ3v) is 7.62. The Morgan fingerprint density at radius 3 is 1.24 bits per heavy atom. The molecule has 2 rings (SSSR count). The molecule has 0 aromatic heterocycles. The Kier molecular flexibility index (Phi) is 7.90. The van der Waals surface area contributed by atoms with Gasteiger partial charge >= 0.3 is 0 Å². The van der Waals surface area contributed by atoms with Crippen molar-refractivity contribution in [2.24, 2.45) is 34.5 Å². The summed E-state index contributed by atoms with van der Waals surface area (Å²) >= 11 is 0. The van der Waals surface area contributed by atoms with Crippen molar-refractivity contribution in [2.45, 2.75) is 125 Å². The van der Waals surface area contributed by atoms with Crippen LogP contribution >= 0.6 is 0 Å². The van der Waals surface area contributed by atoms with E-state index in [1.165, 1.54) is 83.5 Å². The first-order valence-electron chi connectivity index (χ1n) is 11.7. The SMILES string of the molecule is CC(CC(C)(C)CC(C)(C)CC(C)C1CCCCC1)C1CCCCC1. The first-order chi connectivity index (χ1) is 11.7. The van der Waals surface area contributed by atoms with Gasteiger partial charge in [0.25, 0.3) is 0 Å². The van der Waals surface area contributed by atoms with E-state index >= 15 is 0 Å². The fraction of sp³-hybridized carbons (Fsp3) is 1.00. The summed E-state index contributed by atoms with van der Waals surface area (Å²) in [6.45, 7) is 15.3. The van der Waals surface area contributed by atoms with Crippen LogP contribution in [0.4, 0.5) is 0 Å². The molecule has 2 aliphatic carbocycles. The maximum absolute atomic E-state index is 2.55. The lowest BCUT2D eigenvalue weighted by atomic mass is 9.64. The van der Waals surface area contributed by atoms with Crippen LogP contribution < -0.4 is 0 Å². The van der Waals surface area contributed by atoms with Crippen molar-refractivity contribution >= 4 is 0 Å². The third-order valence-electron chi connectivity index (χ3n) is 7.62. The van der Waals surface area contributed by atoms with E-state index in [0.29, 0.717) is 10.8 Å². The Morgan fingerprint density at radius 2 is 0.920 bits per heavy atom. The lowest BCUT2D eigenvalue weighted by Gasteiger charge is -2.41.